The monoisotopic (exact) mass is 538 g/mol. The standard InChI is InChI=1S/C22H30N6O2.HI/c1-2-23-22(24-17-18-6-8-19(9-7-18)28-11-4-10-25-28)27-14-12-26(13-15-27)21(29)20-5-3-16-30-20;/h4,6-11,20H,2-3,5,12-17H2,1H3,(H,23,24);1H. The molecule has 8 nitrogen and oxygen atoms in total. The van der Waals surface area contributed by atoms with E-state index >= 15 is 0 Å². The van der Waals surface area contributed by atoms with Gasteiger partial charge in [-0.05, 0) is 43.5 Å². The van der Waals surface area contributed by atoms with E-state index in [2.05, 4.69) is 46.5 Å². The predicted molar refractivity (Wildman–Crippen MR) is 131 cm³/mol. The molecule has 2 aliphatic rings. The number of nitrogens with zero attached hydrogens (tertiary/aromatic N) is 5. The molecule has 1 atom stereocenters. The fourth-order valence-corrected chi connectivity index (χ4v) is 3.88. The van der Waals surface area contributed by atoms with E-state index in [4.69, 9.17) is 9.73 Å². The van der Waals surface area contributed by atoms with E-state index in [1.807, 2.05) is 21.8 Å². The Hall–Kier alpha value is -2.14. The molecule has 2 aromatic rings. The van der Waals surface area contributed by atoms with Gasteiger partial charge in [-0.3, -0.25) is 4.79 Å². The van der Waals surface area contributed by atoms with Crippen LogP contribution in [0.15, 0.2) is 47.7 Å². The zero-order valence-corrected chi connectivity index (χ0v) is 20.3. The molecule has 0 radical (unpaired) electrons. The third-order valence-electron chi connectivity index (χ3n) is 5.55. The predicted octanol–water partition coefficient (Wildman–Crippen LogP) is 2.28. The Morgan fingerprint density at radius 2 is 1.94 bits per heavy atom. The zero-order valence-electron chi connectivity index (χ0n) is 17.9. The van der Waals surface area contributed by atoms with Crippen LogP contribution in [0.2, 0.25) is 0 Å². The highest BCUT2D eigenvalue weighted by Crippen LogP contribution is 2.16. The number of guanidine groups is 1. The lowest BCUT2D eigenvalue weighted by Gasteiger charge is -2.37. The number of hydrogen-bond acceptors (Lipinski definition) is 4. The summed E-state index contributed by atoms with van der Waals surface area (Å²) in [6, 6.07) is 10.2. The molecule has 4 rings (SSSR count). The molecule has 2 saturated heterocycles. The summed E-state index contributed by atoms with van der Waals surface area (Å²) in [5.74, 6) is 1.05. The van der Waals surface area contributed by atoms with Gasteiger partial charge < -0.3 is 19.9 Å². The summed E-state index contributed by atoms with van der Waals surface area (Å²) >= 11 is 0. The van der Waals surface area contributed by atoms with Gasteiger partial charge in [0.1, 0.15) is 6.10 Å². The van der Waals surface area contributed by atoms with Gasteiger partial charge in [0.25, 0.3) is 5.91 Å². The molecule has 0 bridgehead atoms. The van der Waals surface area contributed by atoms with E-state index in [0.29, 0.717) is 26.2 Å². The zero-order chi connectivity index (χ0) is 20.8. The number of rotatable bonds is 5. The maximum Gasteiger partial charge on any atom is 0.251 e. The Balaban J connectivity index is 0.00000272. The molecule has 168 valence electrons. The second kappa shape index (κ2) is 11.5. The summed E-state index contributed by atoms with van der Waals surface area (Å²) in [4.78, 5) is 21.6. The van der Waals surface area contributed by atoms with Gasteiger partial charge in [-0.1, -0.05) is 12.1 Å². The minimum atomic E-state index is -0.233. The molecule has 2 aliphatic heterocycles. The van der Waals surface area contributed by atoms with Gasteiger partial charge >= 0.3 is 0 Å². The van der Waals surface area contributed by atoms with Crippen LogP contribution in [0.4, 0.5) is 0 Å². The van der Waals surface area contributed by atoms with Crippen LogP contribution < -0.4 is 5.32 Å². The summed E-state index contributed by atoms with van der Waals surface area (Å²) in [6.45, 7) is 7.18. The second-order valence-electron chi connectivity index (χ2n) is 7.60. The minimum absolute atomic E-state index is 0. The number of piperazine rings is 1. The fraction of sp³-hybridized carbons (Fsp3) is 0.500. The van der Waals surface area contributed by atoms with Crippen LogP contribution in [0.1, 0.15) is 25.3 Å². The number of halogens is 1. The lowest BCUT2D eigenvalue weighted by atomic mass is 10.2. The molecule has 1 N–H and O–H groups in total. The molecular weight excluding hydrogens is 507 g/mol. The van der Waals surface area contributed by atoms with E-state index in [-0.39, 0.29) is 36.0 Å². The molecule has 1 aromatic carbocycles. The third kappa shape index (κ3) is 5.97. The fourth-order valence-electron chi connectivity index (χ4n) is 3.88. The maximum absolute atomic E-state index is 12.6. The molecule has 31 heavy (non-hydrogen) atoms. The van der Waals surface area contributed by atoms with E-state index in [1.54, 1.807) is 6.20 Å². The number of ether oxygens (including phenoxy) is 1. The number of hydrogen-bond donors (Lipinski definition) is 1. The minimum Gasteiger partial charge on any atom is -0.368 e. The largest absolute Gasteiger partial charge is 0.368 e. The number of carbonyl (C=O) groups is 1. The lowest BCUT2D eigenvalue weighted by Crippen LogP contribution is -2.55. The molecular formula is C22H31IN6O2. The maximum atomic E-state index is 12.6. The molecule has 2 fully saturated rings. The molecule has 0 saturated carbocycles. The highest BCUT2D eigenvalue weighted by molar-refractivity contribution is 14.0. The molecule has 3 heterocycles. The first kappa shape index (κ1) is 23.5. The third-order valence-corrected chi connectivity index (χ3v) is 5.55. The molecule has 1 amide bonds. The molecule has 9 heteroatoms. The number of carbonyl (C=O) groups excluding carboxylic acids is 1. The highest BCUT2D eigenvalue weighted by Gasteiger charge is 2.30. The van der Waals surface area contributed by atoms with Crippen molar-refractivity contribution in [2.75, 3.05) is 39.3 Å². The van der Waals surface area contributed by atoms with Crippen molar-refractivity contribution in [2.24, 2.45) is 4.99 Å². The number of benzene rings is 1. The van der Waals surface area contributed by atoms with Gasteiger partial charge in [0.15, 0.2) is 5.96 Å². The van der Waals surface area contributed by atoms with Crippen molar-refractivity contribution >= 4 is 35.8 Å². The van der Waals surface area contributed by atoms with Gasteiger partial charge in [0.2, 0.25) is 0 Å². The average molecular weight is 538 g/mol. The van der Waals surface area contributed by atoms with E-state index in [0.717, 1.165) is 49.7 Å². The molecule has 0 spiro atoms. The van der Waals surface area contributed by atoms with Gasteiger partial charge in [0.05, 0.1) is 12.2 Å². The van der Waals surface area contributed by atoms with Crippen LogP contribution in [-0.2, 0) is 16.1 Å². The Kier molecular flexibility index (Phi) is 8.70. The first-order valence-corrected chi connectivity index (χ1v) is 10.8. The number of amides is 1. The second-order valence-corrected chi connectivity index (χ2v) is 7.60. The van der Waals surface area contributed by atoms with Gasteiger partial charge in [0, 0.05) is 51.7 Å². The van der Waals surface area contributed by atoms with Gasteiger partial charge in [-0.15, -0.1) is 24.0 Å². The van der Waals surface area contributed by atoms with E-state index in [9.17, 15) is 4.79 Å². The van der Waals surface area contributed by atoms with Crippen LogP contribution in [0.3, 0.4) is 0 Å². The summed E-state index contributed by atoms with van der Waals surface area (Å²) in [7, 11) is 0. The Morgan fingerprint density at radius 1 is 1.19 bits per heavy atom. The lowest BCUT2D eigenvalue weighted by molar-refractivity contribution is -0.142. The van der Waals surface area contributed by atoms with Gasteiger partial charge in [-0.25, -0.2) is 9.67 Å². The first-order chi connectivity index (χ1) is 14.7. The van der Waals surface area contributed by atoms with Crippen molar-refractivity contribution in [3.8, 4) is 5.69 Å². The normalized spacial score (nSPS) is 19.3. The smallest absolute Gasteiger partial charge is 0.251 e. The van der Waals surface area contributed by atoms with E-state index in [1.165, 1.54) is 0 Å². The Bertz CT molecular complexity index is 841. The van der Waals surface area contributed by atoms with E-state index < -0.39 is 0 Å². The summed E-state index contributed by atoms with van der Waals surface area (Å²) in [6.07, 6.45) is 5.30. The van der Waals surface area contributed by atoms with Crippen LogP contribution >= 0.6 is 24.0 Å². The highest BCUT2D eigenvalue weighted by atomic mass is 127. The number of aliphatic imine (C=N–C) groups is 1. The van der Waals surface area contributed by atoms with Crippen LogP contribution in [0.25, 0.3) is 5.69 Å². The van der Waals surface area contributed by atoms with Crippen LogP contribution in [0.5, 0.6) is 0 Å². The molecule has 1 aromatic heterocycles. The summed E-state index contributed by atoms with van der Waals surface area (Å²) in [5.41, 5.74) is 2.18. The first-order valence-electron chi connectivity index (χ1n) is 10.8. The van der Waals surface area contributed by atoms with Crippen LogP contribution in [-0.4, -0.2) is 76.9 Å². The van der Waals surface area contributed by atoms with Crippen molar-refractivity contribution in [1.29, 1.82) is 0 Å². The van der Waals surface area contributed by atoms with Crippen molar-refractivity contribution in [1.82, 2.24) is 24.9 Å². The van der Waals surface area contributed by atoms with Gasteiger partial charge in [-0.2, -0.15) is 5.10 Å². The number of nitrogens with one attached hydrogen (secondary N) is 1. The van der Waals surface area contributed by atoms with Crippen LogP contribution in [0, 0.1) is 0 Å². The SMILES string of the molecule is CCNC(=NCc1ccc(-n2cccn2)cc1)N1CCN(C(=O)C2CCCO2)CC1.I. The quantitative estimate of drug-likeness (QED) is 0.360. The van der Waals surface area contributed by atoms with Crippen molar-refractivity contribution in [3.63, 3.8) is 0 Å². The summed E-state index contributed by atoms with van der Waals surface area (Å²) in [5, 5.41) is 7.65. The molecule has 0 aliphatic carbocycles. The molecule has 1 unspecified atom stereocenters. The topological polar surface area (TPSA) is 75.0 Å². The van der Waals surface area contributed by atoms with Crippen molar-refractivity contribution in [3.05, 3.63) is 48.3 Å². The Labute approximate surface area is 200 Å². The average Bonchev–Trinajstić information content (AvgIpc) is 3.51. The summed E-state index contributed by atoms with van der Waals surface area (Å²) < 4.78 is 7.40. The van der Waals surface area contributed by atoms with Crippen molar-refractivity contribution in [2.45, 2.75) is 32.4 Å². The Morgan fingerprint density at radius 3 is 2.55 bits per heavy atom. The number of aromatic nitrogens is 2. The van der Waals surface area contributed by atoms with Crippen molar-refractivity contribution < 1.29 is 9.53 Å².